The van der Waals surface area contributed by atoms with Crippen molar-refractivity contribution in [2.24, 2.45) is 5.92 Å². The average Bonchev–Trinajstić information content (AvgIpc) is 2.84. The number of aryl methyl sites for hydroxylation is 1. The molecule has 1 aliphatic heterocycles. The molecule has 0 unspecified atom stereocenters. The van der Waals surface area contributed by atoms with E-state index in [-0.39, 0.29) is 16.6 Å². The number of nitrogens with one attached hydrogen (secondary N) is 2. The zero-order valence-corrected chi connectivity index (χ0v) is 18.4. The summed E-state index contributed by atoms with van der Waals surface area (Å²) in [6, 6.07) is 9.79. The molecule has 2 N–H and O–H groups in total. The van der Waals surface area contributed by atoms with Crippen molar-refractivity contribution in [2.75, 3.05) is 22.1 Å². The lowest BCUT2D eigenvalue weighted by Gasteiger charge is -2.14. The SMILES string of the molecule is Cc1ccc(NC(=O)[C@@H](C)CS(=O)(=O)c2ccc3c(c2)NC(=O)CCS3)cc1Cl. The van der Waals surface area contributed by atoms with Crippen molar-refractivity contribution >= 4 is 56.4 Å². The van der Waals surface area contributed by atoms with Crippen molar-refractivity contribution in [3.8, 4) is 0 Å². The van der Waals surface area contributed by atoms with E-state index in [4.69, 9.17) is 11.6 Å². The molecule has 2 aromatic carbocycles. The van der Waals surface area contributed by atoms with E-state index in [1.807, 2.05) is 6.92 Å². The van der Waals surface area contributed by atoms with Crippen LogP contribution < -0.4 is 10.6 Å². The first-order chi connectivity index (χ1) is 13.7. The van der Waals surface area contributed by atoms with E-state index in [2.05, 4.69) is 10.6 Å². The number of rotatable bonds is 5. The monoisotopic (exact) mass is 452 g/mol. The smallest absolute Gasteiger partial charge is 0.228 e. The Balaban J connectivity index is 1.73. The molecule has 2 amide bonds. The Kier molecular flexibility index (Phi) is 6.55. The Labute approximate surface area is 179 Å². The van der Waals surface area contributed by atoms with Gasteiger partial charge in [-0.15, -0.1) is 11.8 Å². The first-order valence-electron chi connectivity index (χ1n) is 9.02. The molecule has 0 saturated carbocycles. The quantitative estimate of drug-likeness (QED) is 0.711. The Bertz CT molecular complexity index is 1070. The van der Waals surface area contributed by atoms with Crippen LogP contribution in [-0.2, 0) is 19.4 Å². The molecule has 0 spiro atoms. The summed E-state index contributed by atoms with van der Waals surface area (Å²) in [4.78, 5) is 25.1. The van der Waals surface area contributed by atoms with Crippen LogP contribution in [0.3, 0.4) is 0 Å². The van der Waals surface area contributed by atoms with E-state index in [1.165, 1.54) is 23.9 Å². The highest BCUT2D eigenvalue weighted by Crippen LogP contribution is 2.33. The van der Waals surface area contributed by atoms with Gasteiger partial charge in [0, 0.05) is 33.7 Å². The highest BCUT2D eigenvalue weighted by atomic mass is 35.5. The van der Waals surface area contributed by atoms with Gasteiger partial charge in [-0.1, -0.05) is 24.6 Å². The van der Waals surface area contributed by atoms with Gasteiger partial charge in [-0.05, 0) is 42.8 Å². The van der Waals surface area contributed by atoms with E-state index in [9.17, 15) is 18.0 Å². The normalized spacial score (nSPS) is 15.1. The second-order valence-corrected chi connectivity index (χ2v) is 10.5. The Morgan fingerprint density at radius 1 is 1.28 bits per heavy atom. The van der Waals surface area contributed by atoms with Crippen molar-refractivity contribution in [2.45, 2.75) is 30.1 Å². The number of halogens is 1. The van der Waals surface area contributed by atoms with Crippen LogP contribution in [0.1, 0.15) is 18.9 Å². The lowest BCUT2D eigenvalue weighted by atomic mass is 10.2. The molecule has 0 aliphatic carbocycles. The molecule has 0 fully saturated rings. The first kappa shape index (κ1) is 21.7. The van der Waals surface area contributed by atoms with Gasteiger partial charge in [-0.3, -0.25) is 9.59 Å². The third-order valence-corrected chi connectivity index (χ3v) is 7.92. The lowest BCUT2D eigenvalue weighted by molar-refractivity contribution is -0.119. The Morgan fingerprint density at radius 3 is 2.76 bits per heavy atom. The summed E-state index contributed by atoms with van der Waals surface area (Å²) in [5, 5.41) is 5.96. The predicted octanol–water partition coefficient (Wildman–Crippen LogP) is 4.13. The van der Waals surface area contributed by atoms with Gasteiger partial charge in [-0.25, -0.2) is 8.42 Å². The van der Waals surface area contributed by atoms with Gasteiger partial charge in [0.15, 0.2) is 9.84 Å². The predicted molar refractivity (Wildman–Crippen MR) is 116 cm³/mol. The topological polar surface area (TPSA) is 92.3 Å². The van der Waals surface area contributed by atoms with Crippen LogP contribution in [0.4, 0.5) is 11.4 Å². The van der Waals surface area contributed by atoms with Crippen LogP contribution in [0.25, 0.3) is 0 Å². The van der Waals surface area contributed by atoms with Crippen molar-refractivity contribution in [3.63, 3.8) is 0 Å². The number of thioether (sulfide) groups is 1. The number of sulfone groups is 1. The van der Waals surface area contributed by atoms with E-state index in [1.54, 1.807) is 31.2 Å². The lowest BCUT2D eigenvalue weighted by Crippen LogP contribution is -2.27. The zero-order valence-electron chi connectivity index (χ0n) is 16.0. The van der Waals surface area contributed by atoms with Gasteiger partial charge >= 0.3 is 0 Å². The third kappa shape index (κ3) is 5.32. The maximum atomic E-state index is 12.8. The molecule has 1 atom stereocenters. The molecule has 0 bridgehead atoms. The van der Waals surface area contributed by atoms with Gasteiger partial charge in [0.05, 0.1) is 16.3 Å². The maximum Gasteiger partial charge on any atom is 0.228 e. The number of hydrogen-bond acceptors (Lipinski definition) is 5. The molecule has 0 radical (unpaired) electrons. The summed E-state index contributed by atoms with van der Waals surface area (Å²) >= 11 is 7.57. The molecule has 9 heteroatoms. The van der Waals surface area contributed by atoms with Crippen molar-refractivity contribution < 1.29 is 18.0 Å². The van der Waals surface area contributed by atoms with Crippen LogP contribution in [0.2, 0.25) is 5.02 Å². The van der Waals surface area contributed by atoms with Crippen molar-refractivity contribution in [1.82, 2.24) is 0 Å². The highest BCUT2D eigenvalue weighted by molar-refractivity contribution is 7.99. The highest BCUT2D eigenvalue weighted by Gasteiger charge is 2.25. The molecule has 154 valence electrons. The average molecular weight is 453 g/mol. The van der Waals surface area contributed by atoms with Crippen LogP contribution in [-0.4, -0.2) is 31.7 Å². The summed E-state index contributed by atoms with van der Waals surface area (Å²) in [6.45, 7) is 3.41. The van der Waals surface area contributed by atoms with E-state index >= 15 is 0 Å². The van der Waals surface area contributed by atoms with Crippen LogP contribution >= 0.6 is 23.4 Å². The molecular weight excluding hydrogens is 432 g/mol. The summed E-state index contributed by atoms with van der Waals surface area (Å²) < 4.78 is 25.7. The van der Waals surface area contributed by atoms with Gasteiger partial charge in [0.2, 0.25) is 11.8 Å². The number of carbonyl (C=O) groups is 2. The fraction of sp³-hybridized carbons (Fsp3) is 0.300. The fourth-order valence-corrected chi connectivity index (χ4v) is 5.52. The van der Waals surface area contributed by atoms with E-state index in [0.29, 0.717) is 28.6 Å². The minimum atomic E-state index is -3.72. The summed E-state index contributed by atoms with van der Waals surface area (Å²) in [5.74, 6) is -1.03. The van der Waals surface area contributed by atoms with Crippen LogP contribution in [0, 0.1) is 12.8 Å². The molecule has 0 aromatic heterocycles. The van der Waals surface area contributed by atoms with E-state index in [0.717, 1.165) is 10.5 Å². The summed E-state index contributed by atoms with van der Waals surface area (Å²) in [5.41, 5.74) is 1.89. The molecule has 2 aromatic rings. The minimum Gasteiger partial charge on any atom is -0.326 e. The summed E-state index contributed by atoms with van der Waals surface area (Å²) in [6.07, 6.45) is 0.377. The number of carbonyl (C=O) groups excluding carboxylic acids is 2. The maximum absolute atomic E-state index is 12.8. The summed E-state index contributed by atoms with van der Waals surface area (Å²) in [7, 11) is -3.72. The van der Waals surface area contributed by atoms with E-state index < -0.39 is 21.7 Å². The molecule has 3 rings (SSSR count). The van der Waals surface area contributed by atoms with Crippen molar-refractivity contribution in [3.05, 3.63) is 47.0 Å². The van der Waals surface area contributed by atoms with Crippen molar-refractivity contribution in [1.29, 1.82) is 0 Å². The number of benzene rings is 2. The number of amides is 2. The molecular formula is C20H21ClN2O4S2. The third-order valence-electron chi connectivity index (χ3n) is 4.53. The Hall–Kier alpha value is -2.03. The second kappa shape index (κ2) is 8.77. The Morgan fingerprint density at radius 2 is 2.03 bits per heavy atom. The minimum absolute atomic E-state index is 0.0806. The molecule has 29 heavy (non-hydrogen) atoms. The van der Waals surface area contributed by atoms with Crippen LogP contribution in [0.15, 0.2) is 46.2 Å². The molecule has 1 heterocycles. The number of hydrogen-bond donors (Lipinski definition) is 2. The molecule has 1 aliphatic rings. The molecule has 0 saturated heterocycles. The van der Waals surface area contributed by atoms with Gasteiger partial charge in [0.1, 0.15) is 0 Å². The van der Waals surface area contributed by atoms with Gasteiger partial charge < -0.3 is 10.6 Å². The zero-order chi connectivity index (χ0) is 21.2. The largest absolute Gasteiger partial charge is 0.326 e. The number of anilines is 2. The van der Waals surface area contributed by atoms with Crippen LogP contribution in [0.5, 0.6) is 0 Å². The molecule has 6 nitrogen and oxygen atoms in total. The van der Waals surface area contributed by atoms with Gasteiger partial charge in [-0.2, -0.15) is 0 Å². The van der Waals surface area contributed by atoms with Gasteiger partial charge in [0.25, 0.3) is 0 Å². The second-order valence-electron chi connectivity index (χ2n) is 6.94. The number of fused-ring (bicyclic) bond motifs is 1. The first-order valence-corrected chi connectivity index (χ1v) is 12.0. The fourth-order valence-electron chi connectivity index (χ4n) is 2.83. The standard InChI is InChI=1S/C20H21ClN2O4S2/c1-12-3-4-14(9-16(12)21)22-20(25)13(2)11-29(26,27)15-5-6-18-17(10-15)23-19(24)7-8-28-18/h3-6,9-10,13H,7-8,11H2,1-2H3,(H,22,25)(H,23,24)/t13-/m0/s1.